The van der Waals surface area contributed by atoms with Crippen molar-refractivity contribution in [1.82, 2.24) is 14.8 Å². The summed E-state index contributed by atoms with van der Waals surface area (Å²) in [5.74, 6) is 1.22. The lowest BCUT2D eigenvalue weighted by Crippen LogP contribution is -2.16. The van der Waals surface area contributed by atoms with Gasteiger partial charge in [-0.1, -0.05) is 29.4 Å². The van der Waals surface area contributed by atoms with Crippen LogP contribution in [0.3, 0.4) is 0 Å². The maximum Gasteiger partial charge on any atom is 0.338 e. The van der Waals surface area contributed by atoms with Crippen molar-refractivity contribution < 1.29 is 23.8 Å². The number of rotatable bonds is 12. The third-order valence-electron chi connectivity index (χ3n) is 5.02. The molecule has 0 saturated heterocycles. The van der Waals surface area contributed by atoms with Crippen LogP contribution in [0.25, 0.3) is 0 Å². The Balaban J connectivity index is 1.62. The van der Waals surface area contributed by atoms with Crippen molar-refractivity contribution in [2.75, 3.05) is 17.7 Å². The molecule has 2 aromatic carbocycles. The Morgan fingerprint density at radius 3 is 2.57 bits per heavy atom. The van der Waals surface area contributed by atoms with Crippen LogP contribution in [0.15, 0.2) is 41.6 Å². The van der Waals surface area contributed by atoms with Crippen LogP contribution in [0.1, 0.15) is 49.4 Å². The van der Waals surface area contributed by atoms with Crippen molar-refractivity contribution in [3.8, 4) is 11.5 Å². The van der Waals surface area contributed by atoms with Gasteiger partial charge in [-0.05, 0) is 70.5 Å². The number of anilines is 1. The Hall–Kier alpha value is -3.24. The monoisotopic (exact) mass is 546 g/mol. The molecule has 0 aliphatic rings. The fraction of sp³-hybridized carbons (Fsp3) is 0.385. The average molecular weight is 547 g/mol. The van der Waals surface area contributed by atoms with Gasteiger partial charge in [0.25, 0.3) is 0 Å². The first kappa shape index (κ1) is 28.3. The van der Waals surface area contributed by atoms with Gasteiger partial charge in [-0.2, -0.15) is 0 Å². The number of halogens is 1. The van der Waals surface area contributed by atoms with Gasteiger partial charge in [0.15, 0.2) is 22.5 Å². The van der Waals surface area contributed by atoms with E-state index in [9.17, 15) is 9.59 Å². The van der Waals surface area contributed by atoms with Crippen LogP contribution in [0.2, 0.25) is 5.02 Å². The van der Waals surface area contributed by atoms with E-state index in [0.29, 0.717) is 51.9 Å². The van der Waals surface area contributed by atoms with E-state index in [2.05, 4.69) is 15.5 Å². The van der Waals surface area contributed by atoms with Crippen LogP contribution < -0.4 is 14.8 Å². The molecule has 3 rings (SSSR count). The van der Waals surface area contributed by atoms with E-state index >= 15 is 0 Å². The maximum atomic E-state index is 12.6. The second-order valence-corrected chi connectivity index (χ2v) is 9.65. The molecule has 0 bridgehead atoms. The number of aromatic nitrogens is 3. The predicted octanol–water partition coefficient (Wildman–Crippen LogP) is 5.53. The molecule has 0 atom stereocenters. The zero-order valence-corrected chi connectivity index (χ0v) is 23.1. The number of esters is 1. The second-order valence-electron chi connectivity index (χ2n) is 8.30. The molecule has 0 fully saturated rings. The van der Waals surface area contributed by atoms with Crippen molar-refractivity contribution >= 4 is 40.9 Å². The summed E-state index contributed by atoms with van der Waals surface area (Å²) < 4.78 is 18.7. The second kappa shape index (κ2) is 13.3. The van der Waals surface area contributed by atoms with E-state index in [1.165, 1.54) is 17.8 Å². The molecule has 3 aromatic rings. The standard InChI is InChI=1S/C26H31ClN4O5S/c1-6-31-23(14-35-21-11-8-17(5)12-22(21)34-7-2)29-30-26(31)37-15-24(32)28-20-13-18(9-10-19(20)27)25(33)36-16(3)4/h8-13,16H,6-7,14-15H2,1-5H3,(H,28,32). The molecule has 0 aliphatic carbocycles. The van der Waals surface area contributed by atoms with Gasteiger partial charge in [-0.25, -0.2) is 4.79 Å². The molecule has 1 heterocycles. The summed E-state index contributed by atoms with van der Waals surface area (Å²) in [6, 6.07) is 10.4. The van der Waals surface area contributed by atoms with Crippen LogP contribution in [-0.4, -0.2) is 45.1 Å². The van der Waals surface area contributed by atoms with E-state index in [1.807, 2.05) is 43.5 Å². The third-order valence-corrected chi connectivity index (χ3v) is 6.31. The highest BCUT2D eigenvalue weighted by molar-refractivity contribution is 7.99. The lowest BCUT2D eigenvalue weighted by Gasteiger charge is -2.13. The van der Waals surface area contributed by atoms with Crippen LogP contribution in [-0.2, 0) is 22.7 Å². The zero-order valence-electron chi connectivity index (χ0n) is 21.5. The SMILES string of the molecule is CCOc1cc(C)ccc1OCc1nnc(SCC(=O)Nc2cc(C(=O)OC(C)C)ccc2Cl)n1CC. The highest BCUT2D eigenvalue weighted by Gasteiger charge is 2.17. The number of benzene rings is 2. The van der Waals surface area contributed by atoms with E-state index in [0.717, 1.165) is 5.56 Å². The number of hydrogen-bond donors (Lipinski definition) is 1. The van der Waals surface area contributed by atoms with Gasteiger partial charge in [-0.3, -0.25) is 4.79 Å². The average Bonchev–Trinajstić information content (AvgIpc) is 3.25. The summed E-state index contributed by atoms with van der Waals surface area (Å²) in [5.41, 5.74) is 1.71. The van der Waals surface area contributed by atoms with Gasteiger partial charge in [0.2, 0.25) is 5.91 Å². The first-order valence-corrected chi connectivity index (χ1v) is 13.3. The fourth-order valence-corrected chi connectivity index (χ4v) is 4.33. The predicted molar refractivity (Wildman–Crippen MR) is 144 cm³/mol. The molecule has 37 heavy (non-hydrogen) atoms. The maximum absolute atomic E-state index is 12.6. The van der Waals surface area contributed by atoms with Gasteiger partial charge < -0.3 is 24.1 Å². The lowest BCUT2D eigenvalue weighted by molar-refractivity contribution is -0.113. The molecule has 9 nitrogen and oxygen atoms in total. The molecule has 1 N–H and O–H groups in total. The van der Waals surface area contributed by atoms with Gasteiger partial charge in [0.1, 0.15) is 6.61 Å². The molecule has 1 aromatic heterocycles. The fourth-order valence-electron chi connectivity index (χ4n) is 3.34. The van der Waals surface area contributed by atoms with Crippen LogP contribution in [0.4, 0.5) is 5.69 Å². The third kappa shape index (κ3) is 7.87. The van der Waals surface area contributed by atoms with E-state index in [4.69, 9.17) is 25.8 Å². The summed E-state index contributed by atoms with van der Waals surface area (Å²) in [4.78, 5) is 24.8. The van der Waals surface area contributed by atoms with Crippen LogP contribution >= 0.6 is 23.4 Å². The Bertz CT molecular complexity index is 1250. The van der Waals surface area contributed by atoms with E-state index in [1.54, 1.807) is 26.0 Å². The van der Waals surface area contributed by atoms with Crippen molar-refractivity contribution in [1.29, 1.82) is 0 Å². The first-order valence-electron chi connectivity index (χ1n) is 11.9. The number of aryl methyl sites for hydroxylation is 1. The Morgan fingerprint density at radius 2 is 1.86 bits per heavy atom. The van der Waals surface area contributed by atoms with Gasteiger partial charge >= 0.3 is 5.97 Å². The van der Waals surface area contributed by atoms with Gasteiger partial charge in [0, 0.05) is 6.54 Å². The summed E-state index contributed by atoms with van der Waals surface area (Å²) in [6.45, 7) is 10.7. The summed E-state index contributed by atoms with van der Waals surface area (Å²) in [5, 5.41) is 12.1. The number of ether oxygens (including phenoxy) is 3. The number of hydrogen-bond acceptors (Lipinski definition) is 8. The molecule has 0 aliphatic heterocycles. The molecule has 0 unspecified atom stereocenters. The lowest BCUT2D eigenvalue weighted by atomic mass is 10.2. The number of thioether (sulfide) groups is 1. The summed E-state index contributed by atoms with van der Waals surface area (Å²) in [6.07, 6.45) is -0.257. The van der Waals surface area contributed by atoms with Crippen molar-refractivity contribution in [2.24, 2.45) is 0 Å². The minimum atomic E-state index is -0.485. The molecule has 11 heteroatoms. The smallest absolute Gasteiger partial charge is 0.338 e. The molecule has 198 valence electrons. The van der Waals surface area contributed by atoms with Crippen LogP contribution in [0.5, 0.6) is 11.5 Å². The van der Waals surface area contributed by atoms with Crippen LogP contribution in [0, 0.1) is 6.92 Å². The van der Waals surface area contributed by atoms with Crippen molar-refractivity contribution in [3.05, 3.63) is 58.4 Å². The molecule has 1 amide bonds. The number of carbonyl (C=O) groups is 2. The highest BCUT2D eigenvalue weighted by Crippen LogP contribution is 2.29. The van der Waals surface area contributed by atoms with Crippen molar-refractivity contribution in [3.63, 3.8) is 0 Å². The van der Waals surface area contributed by atoms with Gasteiger partial charge in [0.05, 0.1) is 34.7 Å². The summed E-state index contributed by atoms with van der Waals surface area (Å²) >= 11 is 7.46. The van der Waals surface area contributed by atoms with E-state index in [-0.39, 0.29) is 24.4 Å². The molecule has 0 saturated carbocycles. The highest BCUT2D eigenvalue weighted by atomic mass is 35.5. The quantitative estimate of drug-likeness (QED) is 0.233. The topological polar surface area (TPSA) is 105 Å². The van der Waals surface area contributed by atoms with Gasteiger partial charge in [-0.15, -0.1) is 10.2 Å². The summed E-state index contributed by atoms with van der Waals surface area (Å²) in [7, 11) is 0. The Morgan fingerprint density at radius 1 is 1.08 bits per heavy atom. The number of carbonyl (C=O) groups excluding carboxylic acids is 2. The Labute approximate surface area is 225 Å². The number of amides is 1. The van der Waals surface area contributed by atoms with Crippen molar-refractivity contribution in [2.45, 2.75) is 59.0 Å². The minimum Gasteiger partial charge on any atom is -0.490 e. The first-order chi connectivity index (χ1) is 17.7. The normalized spacial score (nSPS) is 10.9. The Kier molecular flexibility index (Phi) is 10.2. The molecular weight excluding hydrogens is 516 g/mol. The molecule has 0 radical (unpaired) electrons. The minimum absolute atomic E-state index is 0.0719. The molecular formula is C26H31ClN4O5S. The number of nitrogens with zero attached hydrogens (tertiary/aromatic N) is 3. The number of nitrogens with one attached hydrogen (secondary N) is 1. The zero-order chi connectivity index (χ0) is 26.9. The largest absolute Gasteiger partial charge is 0.490 e. The molecule has 0 spiro atoms. The van der Waals surface area contributed by atoms with E-state index < -0.39 is 5.97 Å².